The summed E-state index contributed by atoms with van der Waals surface area (Å²) >= 11 is 0. The molecule has 27 heavy (non-hydrogen) atoms. The SMILES string of the molecule is COc1cc(C(=O)OCC(=O)N[C@@H](C)c2ccccc2)cc(OC)c1OC. The average Bonchev–Trinajstić information content (AvgIpc) is 2.71. The molecule has 0 spiro atoms. The Morgan fingerprint density at radius 3 is 2.07 bits per heavy atom. The van der Waals surface area contributed by atoms with E-state index < -0.39 is 18.5 Å². The molecule has 0 fully saturated rings. The van der Waals surface area contributed by atoms with Gasteiger partial charge >= 0.3 is 5.97 Å². The summed E-state index contributed by atoms with van der Waals surface area (Å²) in [6.45, 7) is 1.46. The second-order valence-corrected chi connectivity index (χ2v) is 5.69. The molecule has 0 bridgehead atoms. The van der Waals surface area contributed by atoms with Gasteiger partial charge in [0.15, 0.2) is 18.1 Å². The fourth-order valence-corrected chi connectivity index (χ4v) is 2.52. The van der Waals surface area contributed by atoms with Crippen molar-refractivity contribution < 1.29 is 28.5 Å². The first-order chi connectivity index (χ1) is 13.0. The number of nitrogens with one attached hydrogen (secondary N) is 1. The third kappa shape index (κ3) is 5.13. The number of rotatable bonds is 8. The van der Waals surface area contributed by atoms with Crippen molar-refractivity contribution in [3.8, 4) is 17.2 Å². The Bertz CT molecular complexity index is 765. The van der Waals surface area contributed by atoms with E-state index in [1.807, 2.05) is 37.3 Å². The lowest BCUT2D eigenvalue weighted by atomic mass is 10.1. The van der Waals surface area contributed by atoms with Gasteiger partial charge in [-0.05, 0) is 24.6 Å². The van der Waals surface area contributed by atoms with Crippen LogP contribution in [-0.4, -0.2) is 39.8 Å². The van der Waals surface area contributed by atoms with Gasteiger partial charge in [0, 0.05) is 0 Å². The summed E-state index contributed by atoms with van der Waals surface area (Å²) < 4.78 is 20.7. The molecule has 7 heteroatoms. The number of benzene rings is 2. The molecule has 0 saturated heterocycles. The molecule has 0 aromatic heterocycles. The molecule has 0 aliphatic carbocycles. The Labute approximate surface area is 158 Å². The van der Waals surface area contributed by atoms with Crippen molar-refractivity contribution in [3.63, 3.8) is 0 Å². The zero-order valence-electron chi connectivity index (χ0n) is 15.8. The minimum absolute atomic E-state index is 0.188. The van der Waals surface area contributed by atoms with Gasteiger partial charge in [0.1, 0.15) is 0 Å². The van der Waals surface area contributed by atoms with Gasteiger partial charge in [0.2, 0.25) is 5.75 Å². The standard InChI is InChI=1S/C20H23NO6/c1-13(14-8-6-5-7-9-14)21-18(22)12-27-20(23)15-10-16(24-2)19(26-4)17(11-15)25-3/h5-11,13H,12H2,1-4H3,(H,21,22)/t13-/m0/s1. The quantitative estimate of drug-likeness (QED) is 0.717. The van der Waals surface area contributed by atoms with Crippen molar-refractivity contribution in [1.29, 1.82) is 0 Å². The van der Waals surface area contributed by atoms with Crippen molar-refractivity contribution in [1.82, 2.24) is 5.32 Å². The van der Waals surface area contributed by atoms with Crippen LogP contribution in [0.2, 0.25) is 0 Å². The monoisotopic (exact) mass is 373 g/mol. The normalized spacial score (nSPS) is 11.3. The maximum atomic E-state index is 12.3. The van der Waals surface area contributed by atoms with E-state index in [-0.39, 0.29) is 11.6 Å². The first-order valence-electron chi connectivity index (χ1n) is 8.31. The highest BCUT2D eigenvalue weighted by Crippen LogP contribution is 2.38. The summed E-state index contributed by atoms with van der Waals surface area (Å²) in [5, 5.41) is 2.78. The van der Waals surface area contributed by atoms with Crippen LogP contribution in [0.4, 0.5) is 0 Å². The summed E-state index contributed by atoms with van der Waals surface area (Å²) in [6.07, 6.45) is 0. The Kier molecular flexibility index (Phi) is 7.05. The molecule has 7 nitrogen and oxygen atoms in total. The molecule has 1 atom stereocenters. The summed E-state index contributed by atoms with van der Waals surface area (Å²) in [6, 6.07) is 12.2. The summed E-state index contributed by atoms with van der Waals surface area (Å²) in [4.78, 5) is 24.3. The first kappa shape index (κ1) is 20.1. The predicted octanol–water partition coefficient (Wildman–Crippen LogP) is 2.75. The Hall–Kier alpha value is -3.22. The second-order valence-electron chi connectivity index (χ2n) is 5.69. The number of ether oxygens (including phenoxy) is 4. The van der Waals surface area contributed by atoms with E-state index in [4.69, 9.17) is 18.9 Å². The summed E-state index contributed by atoms with van der Waals surface area (Å²) in [5.41, 5.74) is 1.15. The number of amides is 1. The summed E-state index contributed by atoms with van der Waals surface area (Å²) in [5.74, 6) is -0.0493. The van der Waals surface area contributed by atoms with Crippen molar-refractivity contribution in [3.05, 3.63) is 53.6 Å². The molecule has 0 unspecified atom stereocenters. The lowest BCUT2D eigenvalue weighted by Gasteiger charge is -2.15. The first-order valence-corrected chi connectivity index (χ1v) is 8.31. The number of hydrogen-bond acceptors (Lipinski definition) is 6. The highest BCUT2D eigenvalue weighted by atomic mass is 16.5. The van der Waals surface area contributed by atoms with Crippen LogP contribution in [0.3, 0.4) is 0 Å². The number of hydrogen-bond donors (Lipinski definition) is 1. The van der Waals surface area contributed by atoms with Crippen LogP contribution in [0, 0.1) is 0 Å². The number of carbonyl (C=O) groups is 2. The molecule has 2 aromatic carbocycles. The molecule has 1 N–H and O–H groups in total. The highest BCUT2D eigenvalue weighted by Gasteiger charge is 2.19. The summed E-state index contributed by atoms with van der Waals surface area (Å²) in [7, 11) is 4.37. The van der Waals surface area contributed by atoms with E-state index in [0.717, 1.165) is 5.56 Å². The number of methoxy groups -OCH3 is 3. The molecule has 2 rings (SSSR count). The van der Waals surface area contributed by atoms with E-state index in [1.165, 1.54) is 33.5 Å². The minimum Gasteiger partial charge on any atom is -0.493 e. The maximum Gasteiger partial charge on any atom is 0.338 e. The Balaban J connectivity index is 2.00. The van der Waals surface area contributed by atoms with E-state index in [9.17, 15) is 9.59 Å². The molecule has 0 radical (unpaired) electrons. The molecule has 0 aliphatic rings. The van der Waals surface area contributed by atoms with E-state index in [2.05, 4.69) is 5.32 Å². The molecule has 1 amide bonds. The largest absolute Gasteiger partial charge is 0.493 e. The van der Waals surface area contributed by atoms with Crippen LogP contribution < -0.4 is 19.5 Å². The molecular formula is C20H23NO6. The van der Waals surface area contributed by atoms with Gasteiger partial charge in [-0.15, -0.1) is 0 Å². The maximum absolute atomic E-state index is 12.3. The fraction of sp³-hybridized carbons (Fsp3) is 0.300. The van der Waals surface area contributed by atoms with Crippen LogP contribution in [-0.2, 0) is 9.53 Å². The van der Waals surface area contributed by atoms with Gasteiger partial charge in [-0.2, -0.15) is 0 Å². The van der Waals surface area contributed by atoms with Crippen LogP contribution >= 0.6 is 0 Å². The zero-order chi connectivity index (χ0) is 19.8. The number of carbonyl (C=O) groups excluding carboxylic acids is 2. The van der Waals surface area contributed by atoms with Gasteiger partial charge in [0.05, 0.1) is 32.9 Å². The van der Waals surface area contributed by atoms with Gasteiger partial charge < -0.3 is 24.3 Å². The smallest absolute Gasteiger partial charge is 0.338 e. The Morgan fingerprint density at radius 1 is 0.963 bits per heavy atom. The van der Waals surface area contributed by atoms with Crippen LogP contribution in [0.25, 0.3) is 0 Å². The third-order valence-corrected chi connectivity index (χ3v) is 3.91. The van der Waals surface area contributed by atoms with E-state index in [1.54, 1.807) is 0 Å². The number of esters is 1. The van der Waals surface area contributed by atoms with Gasteiger partial charge in [0.25, 0.3) is 5.91 Å². The van der Waals surface area contributed by atoms with Crippen LogP contribution in [0.1, 0.15) is 28.9 Å². The lowest BCUT2D eigenvalue weighted by Crippen LogP contribution is -2.31. The minimum atomic E-state index is -0.670. The van der Waals surface area contributed by atoms with Crippen LogP contribution in [0.15, 0.2) is 42.5 Å². The lowest BCUT2D eigenvalue weighted by molar-refractivity contribution is -0.124. The Morgan fingerprint density at radius 2 is 1.56 bits per heavy atom. The highest BCUT2D eigenvalue weighted by molar-refractivity contribution is 5.92. The van der Waals surface area contributed by atoms with E-state index >= 15 is 0 Å². The second kappa shape index (κ2) is 9.47. The van der Waals surface area contributed by atoms with Crippen molar-refractivity contribution in [2.24, 2.45) is 0 Å². The zero-order valence-corrected chi connectivity index (χ0v) is 15.8. The van der Waals surface area contributed by atoms with Crippen LogP contribution in [0.5, 0.6) is 17.2 Å². The topological polar surface area (TPSA) is 83.1 Å². The molecule has 0 aliphatic heterocycles. The molecule has 2 aromatic rings. The predicted molar refractivity (Wildman–Crippen MR) is 99.4 cm³/mol. The van der Waals surface area contributed by atoms with Gasteiger partial charge in [-0.1, -0.05) is 30.3 Å². The van der Waals surface area contributed by atoms with Crippen molar-refractivity contribution >= 4 is 11.9 Å². The molecule has 144 valence electrons. The fourth-order valence-electron chi connectivity index (χ4n) is 2.52. The molecule has 0 saturated carbocycles. The molecule has 0 heterocycles. The van der Waals surface area contributed by atoms with Gasteiger partial charge in [-0.25, -0.2) is 4.79 Å². The van der Waals surface area contributed by atoms with Gasteiger partial charge in [-0.3, -0.25) is 4.79 Å². The third-order valence-electron chi connectivity index (χ3n) is 3.91. The van der Waals surface area contributed by atoms with Crippen molar-refractivity contribution in [2.75, 3.05) is 27.9 Å². The average molecular weight is 373 g/mol. The van der Waals surface area contributed by atoms with E-state index in [0.29, 0.717) is 17.2 Å². The van der Waals surface area contributed by atoms with Crippen molar-refractivity contribution in [2.45, 2.75) is 13.0 Å². The molecular weight excluding hydrogens is 350 g/mol.